The van der Waals surface area contributed by atoms with Gasteiger partial charge < -0.3 is 15.1 Å². The van der Waals surface area contributed by atoms with E-state index in [4.69, 9.17) is 11.6 Å². The minimum absolute atomic E-state index is 0.0399. The molecule has 1 saturated heterocycles. The summed E-state index contributed by atoms with van der Waals surface area (Å²) < 4.78 is 0. The van der Waals surface area contributed by atoms with Gasteiger partial charge in [0.1, 0.15) is 0 Å². The van der Waals surface area contributed by atoms with Gasteiger partial charge in [-0.2, -0.15) is 0 Å². The van der Waals surface area contributed by atoms with Crippen LogP contribution < -0.4 is 15.1 Å². The molecule has 1 fully saturated rings. The van der Waals surface area contributed by atoms with Gasteiger partial charge in [0, 0.05) is 16.4 Å². The average molecular weight is 345 g/mol. The molecule has 1 aliphatic heterocycles. The fraction of sp³-hybridized carbons (Fsp3) is 0.316. The Bertz CT molecular complexity index is 697. The van der Waals surface area contributed by atoms with Crippen LogP contribution in [0.1, 0.15) is 5.56 Å². The molecule has 126 valence electrons. The van der Waals surface area contributed by atoms with Crippen molar-refractivity contribution in [2.24, 2.45) is 0 Å². The second-order valence-corrected chi connectivity index (χ2v) is 6.67. The highest BCUT2D eigenvalue weighted by Gasteiger charge is 2.22. The summed E-state index contributed by atoms with van der Waals surface area (Å²) in [5, 5.41) is 3.62. The number of benzene rings is 2. The summed E-state index contributed by atoms with van der Waals surface area (Å²) in [6, 6.07) is 16.1. The van der Waals surface area contributed by atoms with Crippen LogP contribution in [0.15, 0.2) is 48.5 Å². The van der Waals surface area contributed by atoms with Crippen molar-refractivity contribution >= 4 is 28.9 Å². The predicted molar refractivity (Wildman–Crippen MR) is 99.0 cm³/mol. The van der Waals surface area contributed by atoms with Crippen molar-refractivity contribution in [3.63, 3.8) is 0 Å². The molecule has 1 amide bonds. The number of anilines is 2. The molecular weight excluding hydrogens is 322 g/mol. The van der Waals surface area contributed by atoms with Crippen LogP contribution in [0.25, 0.3) is 0 Å². The minimum atomic E-state index is 0.0399. The Morgan fingerprint density at radius 3 is 2.54 bits per heavy atom. The van der Waals surface area contributed by atoms with Gasteiger partial charge in [0.2, 0.25) is 0 Å². The van der Waals surface area contributed by atoms with E-state index in [2.05, 4.69) is 34.5 Å². The highest BCUT2D eigenvalue weighted by Crippen LogP contribution is 2.19. The van der Waals surface area contributed by atoms with Crippen LogP contribution in [0.3, 0.4) is 0 Å². The molecule has 0 spiro atoms. The van der Waals surface area contributed by atoms with E-state index in [0.29, 0.717) is 11.6 Å². The zero-order valence-corrected chi connectivity index (χ0v) is 14.6. The molecule has 0 bridgehead atoms. The molecular formula is C19H23ClN3O+. The number of para-hydroxylation sites is 1. The standard InChI is InChI=1S/C19H22ClN3O/c1-15-7-8-16(13-18(15)20)21-19(24)14-22-9-11-23(12-10-22)17-5-3-2-4-6-17/h2-8,13H,9-12,14H2,1H3,(H,21,24)/p+1. The third-order valence-electron chi connectivity index (χ3n) is 4.46. The Kier molecular flexibility index (Phi) is 5.38. The van der Waals surface area contributed by atoms with Gasteiger partial charge in [-0.25, -0.2) is 0 Å². The van der Waals surface area contributed by atoms with E-state index in [9.17, 15) is 4.79 Å². The third-order valence-corrected chi connectivity index (χ3v) is 4.87. The topological polar surface area (TPSA) is 36.8 Å². The number of hydrogen-bond donors (Lipinski definition) is 2. The van der Waals surface area contributed by atoms with E-state index >= 15 is 0 Å². The van der Waals surface area contributed by atoms with Gasteiger partial charge in [-0.1, -0.05) is 35.9 Å². The Labute approximate surface area is 148 Å². The predicted octanol–water partition coefficient (Wildman–Crippen LogP) is 1.99. The summed E-state index contributed by atoms with van der Waals surface area (Å²) in [7, 11) is 0. The fourth-order valence-corrected chi connectivity index (χ4v) is 3.18. The largest absolute Gasteiger partial charge is 0.360 e. The lowest BCUT2D eigenvalue weighted by molar-refractivity contribution is -0.892. The number of aryl methyl sites for hydroxylation is 1. The number of nitrogens with one attached hydrogen (secondary N) is 2. The minimum Gasteiger partial charge on any atom is -0.360 e. The lowest BCUT2D eigenvalue weighted by Gasteiger charge is -2.33. The molecule has 0 aromatic heterocycles. The molecule has 5 heteroatoms. The Balaban J connectivity index is 1.49. The number of hydrogen-bond acceptors (Lipinski definition) is 2. The van der Waals surface area contributed by atoms with E-state index in [1.54, 1.807) is 6.07 Å². The van der Waals surface area contributed by atoms with Crippen LogP contribution in [-0.4, -0.2) is 38.6 Å². The summed E-state index contributed by atoms with van der Waals surface area (Å²) in [5.41, 5.74) is 3.03. The molecule has 24 heavy (non-hydrogen) atoms. The maximum Gasteiger partial charge on any atom is 0.279 e. The Morgan fingerprint density at radius 2 is 1.88 bits per heavy atom. The van der Waals surface area contributed by atoms with Crippen molar-refractivity contribution in [1.82, 2.24) is 0 Å². The molecule has 1 heterocycles. The third kappa shape index (κ3) is 4.28. The molecule has 2 aromatic rings. The molecule has 0 atom stereocenters. The summed E-state index contributed by atoms with van der Waals surface area (Å²) in [6.45, 7) is 6.33. The maximum absolute atomic E-state index is 12.2. The van der Waals surface area contributed by atoms with E-state index in [1.165, 1.54) is 10.6 Å². The first-order valence-electron chi connectivity index (χ1n) is 8.31. The Hall–Kier alpha value is -2.04. The zero-order valence-electron chi connectivity index (χ0n) is 13.9. The summed E-state index contributed by atoms with van der Waals surface area (Å²) in [5.74, 6) is 0.0399. The number of carbonyl (C=O) groups is 1. The normalized spacial score (nSPS) is 15.3. The van der Waals surface area contributed by atoms with Gasteiger partial charge >= 0.3 is 0 Å². The van der Waals surface area contributed by atoms with E-state index in [0.717, 1.165) is 37.4 Å². The van der Waals surface area contributed by atoms with Crippen LogP contribution in [0.5, 0.6) is 0 Å². The SMILES string of the molecule is Cc1ccc(NC(=O)C[NH+]2CCN(c3ccccc3)CC2)cc1Cl. The number of carbonyl (C=O) groups excluding carboxylic acids is 1. The first kappa shape index (κ1) is 16.8. The van der Waals surface area contributed by atoms with Crippen LogP contribution in [-0.2, 0) is 4.79 Å². The number of amides is 1. The number of nitrogens with zero attached hydrogens (tertiary/aromatic N) is 1. The number of rotatable bonds is 4. The van der Waals surface area contributed by atoms with Gasteiger partial charge in [0.25, 0.3) is 5.91 Å². The first-order chi connectivity index (χ1) is 11.6. The van der Waals surface area contributed by atoms with Gasteiger partial charge in [-0.15, -0.1) is 0 Å². The molecule has 1 aliphatic rings. The average Bonchev–Trinajstić information content (AvgIpc) is 2.59. The van der Waals surface area contributed by atoms with Crippen LogP contribution >= 0.6 is 11.6 Å². The number of halogens is 1. The second-order valence-electron chi connectivity index (χ2n) is 6.26. The molecule has 0 aliphatic carbocycles. The monoisotopic (exact) mass is 344 g/mol. The lowest BCUT2D eigenvalue weighted by Crippen LogP contribution is -3.15. The molecule has 2 N–H and O–H groups in total. The van der Waals surface area contributed by atoms with E-state index in [1.807, 2.05) is 25.1 Å². The Morgan fingerprint density at radius 1 is 1.17 bits per heavy atom. The molecule has 2 aromatic carbocycles. The molecule has 0 radical (unpaired) electrons. The van der Waals surface area contributed by atoms with Crippen LogP contribution in [0.4, 0.5) is 11.4 Å². The van der Waals surface area contributed by atoms with Crippen molar-refractivity contribution in [1.29, 1.82) is 0 Å². The van der Waals surface area contributed by atoms with Gasteiger partial charge in [0.05, 0.1) is 26.2 Å². The molecule has 3 rings (SSSR count). The van der Waals surface area contributed by atoms with E-state index in [-0.39, 0.29) is 5.91 Å². The summed E-state index contributed by atoms with van der Waals surface area (Å²) in [4.78, 5) is 15.9. The smallest absolute Gasteiger partial charge is 0.279 e. The molecule has 4 nitrogen and oxygen atoms in total. The zero-order chi connectivity index (χ0) is 16.9. The van der Waals surface area contributed by atoms with E-state index < -0.39 is 0 Å². The van der Waals surface area contributed by atoms with Crippen LogP contribution in [0.2, 0.25) is 5.02 Å². The van der Waals surface area contributed by atoms with Crippen molar-refractivity contribution in [2.75, 3.05) is 42.9 Å². The molecule has 0 unspecified atom stereocenters. The maximum atomic E-state index is 12.2. The van der Waals surface area contributed by atoms with Crippen molar-refractivity contribution in [3.8, 4) is 0 Å². The van der Waals surface area contributed by atoms with Crippen LogP contribution in [0, 0.1) is 6.92 Å². The van der Waals surface area contributed by atoms with Gasteiger partial charge in [-0.05, 0) is 36.8 Å². The second kappa shape index (κ2) is 7.69. The van der Waals surface area contributed by atoms with Gasteiger partial charge in [-0.3, -0.25) is 4.79 Å². The number of quaternary nitrogens is 1. The summed E-state index contributed by atoms with van der Waals surface area (Å²) in [6.07, 6.45) is 0. The fourth-order valence-electron chi connectivity index (χ4n) is 3.00. The first-order valence-corrected chi connectivity index (χ1v) is 8.69. The molecule has 0 saturated carbocycles. The summed E-state index contributed by atoms with van der Waals surface area (Å²) >= 11 is 6.10. The highest BCUT2D eigenvalue weighted by molar-refractivity contribution is 6.31. The number of piperazine rings is 1. The van der Waals surface area contributed by atoms with Crippen molar-refractivity contribution in [2.45, 2.75) is 6.92 Å². The van der Waals surface area contributed by atoms with Crippen molar-refractivity contribution < 1.29 is 9.69 Å². The quantitative estimate of drug-likeness (QED) is 0.890. The lowest BCUT2D eigenvalue weighted by atomic mass is 10.2. The van der Waals surface area contributed by atoms with Gasteiger partial charge in [0.15, 0.2) is 6.54 Å². The van der Waals surface area contributed by atoms with Crippen molar-refractivity contribution in [3.05, 3.63) is 59.1 Å². The highest BCUT2D eigenvalue weighted by atomic mass is 35.5.